The predicted octanol–water partition coefficient (Wildman–Crippen LogP) is 1.63. The first-order valence-electron chi connectivity index (χ1n) is 7.15. The van der Waals surface area contributed by atoms with Crippen molar-refractivity contribution in [3.63, 3.8) is 0 Å². The van der Waals surface area contributed by atoms with Crippen LogP contribution in [-0.4, -0.2) is 37.3 Å². The highest BCUT2D eigenvalue weighted by Crippen LogP contribution is 2.31. The molecule has 0 spiro atoms. The highest BCUT2D eigenvalue weighted by Gasteiger charge is 2.19. The van der Waals surface area contributed by atoms with Gasteiger partial charge in [0.05, 0.1) is 11.3 Å². The molecular weight excluding hydrogens is 256 g/mol. The zero-order valence-electron chi connectivity index (χ0n) is 11.8. The fourth-order valence-corrected chi connectivity index (χ4v) is 2.31. The molecule has 1 aromatic rings. The van der Waals surface area contributed by atoms with Crippen LogP contribution in [-0.2, 0) is 0 Å². The van der Waals surface area contributed by atoms with Crippen LogP contribution in [0, 0.1) is 5.92 Å². The van der Waals surface area contributed by atoms with Crippen LogP contribution in [0.1, 0.15) is 30.1 Å². The summed E-state index contributed by atoms with van der Waals surface area (Å²) in [5, 5.41) is 15.1. The average molecular weight is 278 g/mol. The minimum Gasteiger partial charge on any atom is -0.489 e. The van der Waals surface area contributed by atoms with E-state index in [1.807, 2.05) is 12.1 Å². The van der Waals surface area contributed by atoms with Crippen molar-refractivity contribution in [3.05, 3.63) is 23.8 Å². The van der Waals surface area contributed by atoms with Gasteiger partial charge in [0.2, 0.25) is 0 Å². The van der Waals surface area contributed by atoms with Gasteiger partial charge in [-0.2, -0.15) is 0 Å². The van der Waals surface area contributed by atoms with Crippen molar-refractivity contribution in [1.29, 1.82) is 0 Å². The van der Waals surface area contributed by atoms with Gasteiger partial charge in [0, 0.05) is 19.7 Å². The summed E-state index contributed by atoms with van der Waals surface area (Å²) in [5.41, 5.74) is 1.43. The number of carbonyl (C=O) groups is 1. The maximum absolute atomic E-state index is 12.3. The van der Waals surface area contributed by atoms with E-state index in [4.69, 9.17) is 9.84 Å². The molecule has 5 nitrogen and oxygen atoms in total. The lowest BCUT2D eigenvalue weighted by Gasteiger charge is -2.22. The molecule has 0 aliphatic carbocycles. The Morgan fingerprint density at radius 2 is 2.40 bits per heavy atom. The molecule has 0 aromatic heterocycles. The largest absolute Gasteiger partial charge is 0.489 e. The average Bonchev–Trinajstić information content (AvgIpc) is 2.50. The summed E-state index contributed by atoms with van der Waals surface area (Å²) in [6, 6.07) is 5.53. The quantitative estimate of drug-likeness (QED) is 0.739. The Hall–Kier alpha value is -1.75. The van der Waals surface area contributed by atoms with Crippen molar-refractivity contribution in [1.82, 2.24) is 5.32 Å². The van der Waals surface area contributed by atoms with E-state index in [9.17, 15) is 4.79 Å². The first-order chi connectivity index (χ1) is 9.76. The number of para-hydroxylation sites is 1. The summed E-state index contributed by atoms with van der Waals surface area (Å²) >= 11 is 0. The predicted molar refractivity (Wildman–Crippen MR) is 78.2 cm³/mol. The van der Waals surface area contributed by atoms with E-state index in [0.29, 0.717) is 36.8 Å². The Labute approximate surface area is 119 Å². The molecule has 2 rings (SSSR count). The number of fused-ring (bicyclic) bond motifs is 1. The van der Waals surface area contributed by atoms with E-state index in [1.54, 1.807) is 6.07 Å². The first-order valence-corrected chi connectivity index (χ1v) is 7.15. The molecule has 0 fully saturated rings. The van der Waals surface area contributed by atoms with Crippen LogP contribution in [0.5, 0.6) is 5.75 Å². The number of nitrogens with one attached hydrogen (secondary N) is 2. The molecule has 110 valence electrons. The van der Waals surface area contributed by atoms with Crippen LogP contribution in [0.4, 0.5) is 5.69 Å². The SMILES string of the molecule is CCC(CCO)CNC(=O)c1cccc2c1OCCN2. The van der Waals surface area contributed by atoms with Crippen molar-refractivity contribution in [2.75, 3.05) is 31.6 Å². The number of hydrogen-bond acceptors (Lipinski definition) is 4. The zero-order chi connectivity index (χ0) is 14.4. The summed E-state index contributed by atoms with van der Waals surface area (Å²) in [6.45, 7) is 4.12. The Kier molecular flexibility index (Phi) is 5.24. The van der Waals surface area contributed by atoms with Crippen LogP contribution in [0.15, 0.2) is 18.2 Å². The van der Waals surface area contributed by atoms with E-state index in [0.717, 1.165) is 18.7 Å². The van der Waals surface area contributed by atoms with Crippen molar-refractivity contribution < 1.29 is 14.6 Å². The number of ether oxygens (including phenoxy) is 1. The van der Waals surface area contributed by atoms with Crippen LogP contribution in [0.3, 0.4) is 0 Å². The summed E-state index contributed by atoms with van der Waals surface area (Å²) < 4.78 is 5.59. The number of carbonyl (C=O) groups excluding carboxylic acids is 1. The number of benzene rings is 1. The number of hydrogen-bond donors (Lipinski definition) is 3. The van der Waals surface area contributed by atoms with Crippen molar-refractivity contribution in [2.24, 2.45) is 5.92 Å². The molecule has 1 aromatic carbocycles. The number of aliphatic hydroxyl groups is 1. The fourth-order valence-electron chi connectivity index (χ4n) is 2.31. The molecule has 1 aliphatic rings. The lowest BCUT2D eigenvalue weighted by atomic mass is 10.0. The Balaban J connectivity index is 2.02. The number of rotatable bonds is 6. The topological polar surface area (TPSA) is 70.6 Å². The Morgan fingerprint density at radius 3 is 3.15 bits per heavy atom. The maximum Gasteiger partial charge on any atom is 0.255 e. The van der Waals surface area contributed by atoms with E-state index in [2.05, 4.69) is 17.6 Å². The van der Waals surface area contributed by atoms with Gasteiger partial charge in [-0.25, -0.2) is 0 Å². The van der Waals surface area contributed by atoms with Gasteiger partial charge in [-0.1, -0.05) is 19.4 Å². The van der Waals surface area contributed by atoms with Gasteiger partial charge < -0.3 is 20.5 Å². The van der Waals surface area contributed by atoms with Gasteiger partial charge in [0.25, 0.3) is 5.91 Å². The second kappa shape index (κ2) is 7.14. The van der Waals surface area contributed by atoms with Gasteiger partial charge in [-0.05, 0) is 24.5 Å². The van der Waals surface area contributed by atoms with E-state index < -0.39 is 0 Å². The summed E-state index contributed by atoms with van der Waals surface area (Å²) in [4.78, 5) is 12.3. The molecule has 20 heavy (non-hydrogen) atoms. The van der Waals surface area contributed by atoms with Crippen LogP contribution in [0.25, 0.3) is 0 Å². The van der Waals surface area contributed by atoms with E-state index in [1.165, 1.54) is 0 Å². The number of aliphatic hydroxyl groups excluding tert-OH is 1. The Morgan fingerprint density at radius 1 is 1.55 bits per heavy atom. The van der Waals surface area contributed by atoms with E-state index >= 15 is 0 Å². The minimum atomic E-state index is -0.123. The van der Waals surface area contributed by atoms with Crippen LogP contribution < -0.4 is 15.4 Å². The van der Waals surface area contributed by atoms with Crippen molar-refractivity contribution in [2.45, 2.75) is 19.8 Å². The lowest BCUT2D eigenvalue weighted by molar-refractivity contribution is 0.0939. The first kappa shape index (κ1) is 14.7. The third-order valence-corrected chi connectivity index (χ3v) is 3.59. The van der Waals surface area contributed by atoms with Gasteiger partial charge in [-0.3, -0.25) is 4.79 Å². The highest BCUT2D eigenvalue weighted by atomic mass is 16.5. The molecule has 1 heterocycles. The summed E-state index contributed by atoms with van der Waals surface area (Å²) in [7, 11) is 0. The summed E-state index contributed by atoms with van der Waals surface area (Å²) in [5.74, 6) is 0.816. The molecule has 5 heteroatoms. The minimum absolute atomic E-state index is 0.123. The van der Waals surface area contributed by atoms with Gasteiger partial charge in [-0.15, -0.1) is 0 Å². The molecule has 1 atom stereocenters. The smallest absolute Gasteiger partial charge is 0.255 e. The van der Waals surface area contributed by atoms with Gasteiger partial charge >= 0.3 is 0 Å². The van der Waals surface area contributed by atoms with Crippen molar-refractivity contribution in [3.8, 4) is 5.75 Å². The molecule has 1 aliphatic heterocycles. The standard InChI is InChI=1S/C15H22N2O3/c1-2-11(6-8-18)10-17-15(19)12-4-3-5-13-14(12)20-9-7-16-13/h3-5,11,16,18H,2,6-10H2,1H3,(H,17,19). The zero-order valence-corrected chi connectivity index (χ0v) is 11.8. The molecular formula is C15H22N2O3. The molecule has 0 bridgehead atoms. The number of amides is 1. The van der Waals surface area contributed by atoms with Crippen LogP contribution in [0.2, 0.25) is 0 Å². The number of anilines is 1. The van der Waals surface area contributed by atoms with E-state index in [-0.39, 0.29) is 12.5 Å². The molecule has 1 amide bonds. The second-order valence-corrected chi connectivity index (χ2v) is 4.95. The lowest BCUT2D eigenvalue weighted by Crippen LogP contribution is -2.30. The molecule has 1 unspecified atom stereocenters. The third-order valence-electron chi connectivity index (χ3n) is 3.59. The Bertz CT molecular complexity index is 462. The maximum atomic E-state index is 12.3. The van der Waals surface area contributed by atoms with Gasteiger partial charge in [0.1, 0.15) is 6.61 Å². The third kappa shape index (κ3) is 3.42. The molecule has 0 saturated carbocycles. The molecule has 3 N–H and O–H groups in total. The second-order valence-electron chi connectivity index (χ2n) is 4.95. The highest BCUT2D eigenvalue weighted by molar-refractivity contribution is 5.98. The van der Waals surface area contributed by atoms with Gasteiger partial charge in [0.15, 0.2) is 5.75 Å². The molecule has 0 saturated heterocycles. The normalized spacial score (nSPS) is 14.7. The fraction of sp³-hybridized carbons (Fsp3) is 0.533. The summed E-state index contributed by atoms with van der Waals surface area (Å²) in [6.07, 6.45) is 1.65. The molecule has 0 radical (unpaired) electrons. The van der Waals surface area contributed by atoms with Crippen LogP contribution >= 0.6 is 0 Å². The monoisotopic (exact) mass is 278 g/mol. The van der Waals surface area contributed by atoms with Crippen molar-refractivity contribution >= 4 is 11.6 Å².